The van der Waals surface area contributed by atoms with Crippen molar-refractivity contribution >= 4 is 11.6 Å². The lowest BCUT2D eigenvalue weighted by Crippen LogP contribution is -2.22. The van der Waals surface area contributed by atoms with Gasteiger partial charge in [-0.3, -0.25) is 4.79 Å². The van der Waals surface area contributed by atoms with E-state index in [1.54, 1.807) is 0 Å². The summed E-state index contributed by atoms with van der Waals surface area (Å²) in [6, 6.07) is 17.9. The fourth-order valence-electron chi connectivity index (χ4n) is 2.18. The van der Waals surface area contributed by atoms with Crippen LogP contribution in [0.25, 0.3) is 0 Å². The van der Waals surface area contributed by atoms with Crippen molar-refractivity contribution in [1.29, 1.82) is 0 Å². The van der Waals surface area contributed by atoms with E-state index in [0.717, 1.165) is 30.5 Å². The van der Waals surface area contributed by atoms with E-state index in [1.807, 2.05) is 30.3 Å². The summed E-state index contributed by atoms with van der Waals surface area (Å²) in [4.78, 5) is 11.8. The predicted molar refractivity (Wildman–Crippen MR) is 86.7 cm³/mol. The van der Waals surface area contributed by atoms with Crippen molar-refractivity contribution in [2.75, 3.05) is 5.73 Å². The van der Waals surface area contributed by atoms with Crippen molar-refractivity contribution in [3.05, 3.63) is 65.7 Å². The molecule has 0 aromatic heterocycles. The smallest absolute Gasteiger partial charge is 0.220 e. The first-order valence-corrected chi connectivity index (χ1v) is 7.39. The topological polar surface area (TPSA) is 55.1 Å². The maximum Gasteiger partial charge on any atom is 0.220 e. The van der Waals surface area contributed by atoms with Gasteiger partial charge in [0.1, 0.15) is 0 Å². The Kier molecular flexibility index (Phi) is 5.83. The van der Waals surface area contributed by atoms with Crippen molar-refractivity contribution in [2.45, 2.75) is 32.2 Å². The van der Waals surface area contributed by atoms with Crippen LogP contribution in [0.15, 0.2) is 54.6 Å². The highest BCUT2D eigenvalue weighted by Crippen LogP contribution is 2.07. The first-order valence-electron chi connectivity index (χ1n) is 7.39. The van der Waals surface area contributed by atoms with Gasteiger partial charge in [-0.1, -0.05) is 42.5 Å². The number of nitrogens with two attached hydrogens (primary N) is 1. The summed E-state index contributed by atoms with van der Waals surface area (Å²) in [5.41, 5.74) is 8.77. The van der Waals surface area contributed by atoms with E-state index in [9.17, 15) is 4.79 Å². The van der Waals surface area contributed by atoms with E-state index in [2.05, 4.69) is 29.6 Å². The van der Waals surface area contributed by atoms with Gasteiger partial charge in [0.2, 0.25) is 5.91 Å². The Bertz CT molecular complexity index is 549. The minimum Gasteiger partial charge on any atom is -0.399 e. The standard InChI is InChI=1S/C18H22N2O/c19-17-12-10-16(11-13-17)14-20-18(21)9-5-4-8-15-6-2-1-3-7-15/h1-3,6-7,10-13H,4-5,8-9,14,19H2,(H,20,21). The van der Waals surface area contributed by atoms with Gasteiger partial charge in [-0.2, -0.15) is 0 Å². The molecule has 0 atom stereocenters. The second-order valence-electron chi connectivity index (χ2n) is 5.21. The van der Waals surface area contributed by atoms with E-state index in [0.29, 0.717) is 13.0 Å². The highest BCUT2D eigenvalue weighted by Gasteiger charge is 2.01. The summed E-state index contributed by atoms with van der Waals surface area (Å²) in [5.74, 6) is 0.111. The highest BCUT2D eigenvalue weighted by molar-refractivity contribution is 5.75. The van der Waals surface area contributed by atoms with Crippen molar-refractivity contribution in [2.24, 2.45) is 0 Å². The molecule has 3 nitrogen and oxygen atoms in total. The number of rotatable bonds is 7. The molecule has 2 aromatic carbocycles. The van der Waals surface area contributed by atoms with Gasteiger partial charge < -0.3 is 11.1 Å². The van der Waals surface area contributed by atoms with Gasteiger partial charge >= 0.3 is 0 Å². The molecule has 0 aliphatic carbocycles. The van der Waals surface area contributed by atoms with Crippen molar-refractivity contribution < 1.29 is 4.79 Å². The van der Waals surface area contributed by atoms with Crippen molar-refractivity contribution in [3.63, 3.8) is 0 Å². The van der Waals surface area contributed by atoms with E-state index in [1.165, 1.54) is 5.56 Å². The number of anilines is 1. The van der Waals surface area contributed by atoms with Crippen LogP contribution in [0.5, 0.6) is 0 Å². The second kappa shape index (κ2) is 8.10. The molecule has 0 aliphatic rings. The monoisotopic (exact) mass is 282 g/mol. The number of amides is 1. The molecule has 0 bridgehead atoms. The fraction of sp³-hybridized carbons (Fsp3) is 0.278. The third kappa shape index (κ3) is 5.69. The molecular weight excluding hydrogens is 260 g/mol. The van der Waals surface area contributed by atoms with E-state index in [4.69, 9.17) is 5.73 Å². The third-order valence-electron chi connectivity index (χ3n) is 3.43. The lowest BCUT2D eigenvalue weighted by molar-refractivity contribution is -0.121. The van der Waals surface area contributed by atoms with Crippen LogP contribution in [-0.4, -0.2) is 5.91 Å². The summed E-state index contributed by atoms with van der Waals surface area (Å²) in [6.45, 7) is 0.567. The van der Waals surface area contributed by atoms with E-state index in [-0.39, 0.29) is 5.91 Å². The molecule has 110 valence electrons. The van der Waals surface area contributed by atoms with Gasteiger partial charge in [0.25, 0.3) is 0 Å². The number of hydrogen-bond donors (Lipinski definition) is 2. The maximum atomic E-state index is 11.8. The highest BCUT2D eigenvalue weighted by atomic mass is 16.1. The van der Waals surface area contributed by atoms with Crippen LogP contribution in [-0.2, 0) is 17.8 Å². The Balaban J connectivity index is 1.60. The molecule has 0 unspecified atom stereocenters. The molecule has 0 saturated heterocycles. The minimum absolute atomic E-state index is 0.111. The van der Waals surface area contributed by atoms with Crippen LogP contribution in [0.3, 0.4) is 0 Å². The molecule has 0 aliphatic heterocycles. The molecule has 0 spiro atoms. The Morgan fingerprint density at radius 3 is 2.33 bits per heavy atom. The number of carbonyl (C=O) groups is 1. The summed E-state index contributed by atoms with van der Waals surface area (Å²) >= 11 is 0. The number of nitrogen functional groups attached to an aromatic ring is 1. The van der Waals surface area contributed by atoms with Crippen molar-refractivity contribution in [3.8, 4) is 0 Å². The zero-order valence-corrected chi connectivity index (χ0v) is 12.2. The molecule has 0 saturated carbocycles. The summed E-state index contributed by atoms with van der Waals surface area (Å²) < 4.78 is 0. The lowest BCUT2D eigenvalue weighted by Gasteiger charge is -2.06. The second-order valence-corrected chi connectivity index (χ2v) is 5.21. The Morgan fingerprint density at radius 2 is 1.62 bits per heavy atom. The third-order valence-corrected chi connectivity index (χ3v) is 3.43. The minimum atomic E-state index is 0.111. The molecule has 0 heterocycles. The molecule has 0 fully saturated rings. The van der Waals surface area contributed by atoms with Crippen LogP contribution in [0.1, 0.15) is 30.4 Å². The number of nitrogens with one attached hydrogen (secondary N) is 1. The first-order chi connectivity index (χ1) is 10.2. The van der Waals surface area contributed by atoms with Crippen LogP contribution in [0.2, 0.25) is 0 Å². The Hall–Kier alpha value is -2.29. The number of hydrogen-bond acceptors (Lipinski definition) is 2. The lowest BCUT2D eigenvalue weighted by atomic mass is 10.1. The van der Waals surface area contributed by atoms with Crippen LogP contribution >= 0.6 is 0 Å². The first kappa shape index (κ1) is 15.1. The summed E-state index contributed by atoms with van der Waals surface area (Å²) in [5, 5.41) is 2.94. The number of aryl methyl sites for hydroxylation is 1. The Labute approximate surface area is 126 Å². The zero-order chi connectivity index (χ0) is 14.9. The average Bonchev–Trinajstić information content (AvgIpc) is 2.52. The SMILES string of the molecule is Nc1ccc(CNC(=O)CCCCc2ccccc2)cc1. The molecule has 3 N–H and O–H groups in total. The molecule has 1 amide bonds. The maximum absolute atomic E-state index is 11.8. The normalized spacial score (nSPS) is 10.3. The zero-order valence-electron chi connectivity index (χ0n) is 12.2. The molecule has 2 rings (SSSR count). The van der Waals surface area contributed by atoms with Gasteiger partial charge in [0.15, 0.2) is 0 Å². The van der Waals surface area contributed by atoms with Crippen LogP contribution in [0, 0.1) is 0 Å². The van der Waals surface area contributed by atoms with Gasteiger partial charge in [0, 0.05) is 18.7 Å². The van der Waals surface area contributed by atoms with Crippen LogP contribution < -0.4 is 11.1 Å². The Morgan fingerprint density at radius 1 is 0.905 bits per heavy atom. The van der Waals surface area contributed by atoms with Crippen LogP contribution in [0.4, 0.5) is 5.69 Å². The molecule has 2 aromatic rings. The molecule has 0 radical (unpaired) electrons. The fourth-order valence-corrected chi connectivity index (χ4v) is 2.18. The molecule has 3 heteroatoms. The molecule has 21 heavy (non-hydrogen) atoms. The number of unbranched alkanes of at least 4 members (excludes halogenated alkanes) is 1. The number of benzene rings is 2. The largest absolute Gasteiger partial charge is 0.399 e. The van der Waals surface area contributed by atoms with Gasteiger partial charge in [-0.05, 0) is 42.5 Å². The predicted octanol–water partition coefficient (Wildman–Crippen LogP) is 3.30. The quantitative estimate of drug-likeness (QED) is 0.605. The average molecular weight is 282 g/mol. The van der Waals surface area contributed by atoms with E-state index < -0.39 is 0 Å². The van der Waals surface area contributed by atoms with Crippen molar-refractivity contribution in [1.82, 2.24) is 5.32 Å². The van der Waals surface area contributed by atoms with Gasteiger partial charge in [-0.25, -0.2) is 0 Å². The summed E-state index contributed by atoms with van der Waals surface area (Å²) in [7, 11) is 0. The van der Waals surface area contributed by atoms with Gasteiger partial charge in [-0.15, -0.1) is 0 Å². The number of carbonyl (C=O) groups excluding carboxylic acids is 1. The van der Waals surface area contributed by atoms with Gasteiger partial charge in [0.05, 0.1) is 0 Å². The summed E-state index contributed by atoms with van der Waals surface area (Å²) in [6.07, 6.45) is 3.58. The molecular formula is C18H22N2O. The van der Waals surface area contributed by atoms with E-state index >= 15 is 0 Å².